The van der Waals surface area contributed by atoms with Gasteiger partial charge in [-0.05, 0) is 26.0 Å². The standard InChI is InChI=1S/C18H18ClF3N6O/c1-9-8-13-16(25-26-28(13)14-6-7-23-24-14)10(2)27(9)17(29)11-4-3-5-12(15(11)19)18(20,21)22/h3-7,9-10,25-26H,8H2,1-2H3,(H,23,24). The number of amides is 1. The summed E-state index contributed by atoms with van der Waals surface area (Å²) in [6.07, 6.45) is -2.53. The van der Waals surface area contributed by atoms with Crippen LogP contribution >= 0.6 is 11.6 Å². The van der Waals surface area contributed by atoms with Crippen molar-refractivity contribution in [3.05, 3.63) is 58.0 Å². The van der Waals surface area contributed by atoms with Crippen LogP contribution in [0.15, 0.2) is 41.9 Å². The van der Waals surface area contributed by atoms with Crippen molar-refractivity contribution < 1.29 is 18.0 Å². The van der Waals surface area contributed by atoms with Crippen LogP contribution in [0.5, 0.6) is 0 Å². The number of carbonyl (C=O) groups is 1. The van der Waals surface area contributed by atoms with Gasteiger partial charge < -0.3 is 10.3 Å². The van der Waals surface area contributed by atoms with E-state index in [4.69, 9.17) is 11.6 Å². The van der Waals surface area contributed by atoms with E-state index in [0.29, 0.717) is 6.42 Å². The van der Waals surface area contributed by atoms with Gasteiger partial charge in [-0.25, -0.2) is 5.01 Å². The molecule has 2 aromatic rings. The molecule has 0 fully saturated rings. The second kappa shape index (κ2) is 6.96. The zero-order chi connectivity index (χ0) is 20.9. The van der Waals surface area contributed by atoms with E-state index in [1.165, 1.54) is 12.1 Å². The van der Waals surface area contributed by atoms with Gasteiger partial charge in [0, 0.05) is 18.5 Å². The first-order chi connectivity index (χ1) is 13.7. The number of benzene rings is 1. The predicted molar refractivity (Wildman–Crippen MR) is 101 cm³/mol. The number of hydrazine groups is 2. The Hall–Kier alpha value is -2.72. The molecule has 0 bridgehead atoms. The van der Waals surface area contributed by atoms with Gasteiger partial charge in [0.1, 0.15) is 5.82 Å². The van der Waals surface area contributed by atoms with E-state index < -0.39 is 28.7 Å². The Morgan fingerprint density at radius 2 is 2.03 bits per heavy atom. The van der Waals surface area contributed by atoms with Gasteiger partial charge in [0.05, 0.1) is 39.8 Å². The summed E-state index contributed by atoms with van der Waals surface area (Å²) in [5.41, 5.74) is 6.57. The summed E-state index contributed by atoms with van der Waals surface area (Å²) >= 11 is 5.98. The zero-order valence-corrected chi connectivity index (χ0v) is 16.3. The van der Waals surface area contributed by atoms with Gasteiger partial charge in [-0.2, -0.15) is 18.3 Å². The number of carbonyl (C=O) groups excluding carboxylic acids is 1. The maximum Gasteiger partial charge on any atom is 0.417 e. The Morgan fingerprint density at radius 1 is 1.28 bits per heavy atom. The maximum atomic E-state index is 13.2. The minimum Gasteiger partial charge on any atom is -0.327 e. The van der Waals surface area contributed by atoms with Crippen LogP contribution in [0.2, 0.25) is 5.02 Å². The second-order valence-corrected chi connectivity index (χ2v) is 7.36. The molecule has 0 radical (unpaired) electrons. The molecule has 0 saturated carbocycles. The van der Waals surface area contributed by atoms with E-state index in [0.717, 1.165) is 23.3 Å². The molecule has 11 heteroatoms. The van der Waals surface area contributed by atoms with E-state index in [2.05, 4.69) is 21.2 Å². The molecule has 0 aliphatic carbocycles. The minimum atomic E-state index is -4.64. The number of rotatable bonds is 2. The fourth-order valence-corrected chi connectivity index (χ4v) is 4.15. The SMILES string of the molecule is CC1CC2=C(NNN2c2ccn[nH]2)C(C)N1C(=O)c1cccc(C(F)(F)F)c1Cl. The largest absolute Gasteiger partial charge is 0.417 e. The Labute approximate surface area is 169 Å². The molecule has 154 valence electrons. The van der Waals surface area contributed by atoms with Gasteiger partial charge in [-0.3, -0.25) is 9.89 Å². The third-order valence-corrected chi connectivity index (χ3v) is 5.59. The molecule has 0 spiro atoms. The van der Waals surface area contributed by atoms with Gasteiger partial charge in [0.2, 0.25) is 0 Å². The molecule has 2 unspecified atom stereocenters. The van der Waals surface area contributed by atoms with Crippen LogP contribution in [0.1, 0.15) is 36.2 Å². The number of aromatic amines is 1. The van der Waals surface area contributed by atoms with Gasteiger partial charge in [-0.15, -0.1) is 5.53 Å². The number of alkyl halides is 3. The van der Waals surface area contributed by atoms with Crippen molar-refractivity contribution in [2.24, 2.45) is 0 Å². The molecule has 1 aromatic carbocycles. The Bertz CT molecular complexity index is 974. The highest BCUT2D eigenvalue weighted by atomic mass is 35.5. The van der Waals surface area contributed by atoms with Crippen LogP contribution in [0, 0.1) is 0 Å². The van der Waals surface area contributed by atoms with E-state index in [1.807, 2.05) is 13.8 Å². The highest BCUT2D eigenvalue weighted by Gasteiger charge is 2.42. The highest BCUT2D eigenvalue weighted by molar-refractivity contribution is 6.34. The quantitative estimate of drug-likeness (QED) is 0.685. The fourth-order valence-electron chi connectivity index (χ4n) is 3.83. The summed E-state index contributed by atoms with van der Waals surface area (Å²) in [5, 5.41) is 8.02. The molecule has 4 rings (SSSR count). The number of hydrogen-bond donors (Lipinski definition) is 3. The third kappa shape index (κ3) is 3.22. The average Bonchev–Trinajstić information content (AvgIpc) is 3.30. The summed E-state index contributed by atoms with van der Waals surface area (Å²) in [7, 11) is 0. The normalized spacial score (nSPS) is 22.0. The van der Waals surface area contributed by atoms with Crippen molar-refractivity contribution in [2.75, 3.05) is 5.01 Å². The van der Waals surface area contributed by atoms with E-state index >= 15 is 0 Å². The molecule has 0 saturated heterocycles. The van der Waals surface area contributed by atoms with Gasteiger partial charge >= 0.3 is 6.18 Å². The molecule has 7 nitrogen and oxygen atoms in total. The number of halogens is 4. The number of anilines is 1. The Morgan fingerprint density at radius 3 is 2.69 bits per heavy atom. The lowest BCUT2D eigenvalue weighted by Crippen LogP contribution is -2.50. The summed E-state index contributed by atoms with van der Waals surface area (Å²) < 4.78 is 39.6. The zero-order valence-electron chi connectivity index (χ0n) is 15.5. The average molecular weight is 427 g/mol. The molecular weight excluding hydrogens is 409 g/mol. The van der Waals surface area contributed by atoms with Crippen molar-refractivity contribution >= 4 is 23.3 Å². The lowest BCUT2D eigenvalue weighted by molar-refractivity contribution is -0.137. The number of aromatic nitrogens is 2. The molecule has 2 aliphatic rings. The fraction of sp³-hybridized carbons (Fsp3) is 0.333. The van der Waals surface area contributed by atoms with Gasteiger partial charge in [-0.1, -0.05) is 17.7 Å². The second-order valence-electron chi connectivity index (χ2n) is 6.98. The van der Waals surface area contributed by atoms with Crippen molar-refractivity contribution in [3.8, 4) is 0 Å². The molecular formula is C18H18ClF3N6O. The van der Waals surface area contributed by atoms with Crippen LogP contribution < -0.4 is 16.0 Å². The van der Waals surface area contributed by atoms with E-state index in [1.54, 1.807) is 22.2 Å². The van der Waals surface area contributed by atoms with Crippen LogP contribution in [0.4, 0.5) is 19.0 Å². The van der Waals surface area contributed by atoms with Crippen LogP contribution in [-0.4, -0.2) is 33.1 Å². The van der Waals surface area contributed by atoms with Crippen molar-refractivity contribution in [1.82, 2.24) is 26.1 Å². The first-order valence-corrected chi connectivity index (χ1v) is 9.30. The van der Waals surface area contributed by atoms with Crippen molar-refractivity contribution in [1.29, 1.82) is 0 Å². The number of nitrogens with zero attached hydrogens (tertiary/aromatic N) is 3. The van der Waals surface area contributed by atoms with Gasteiger partial charge in [0.15, 0.2) is 0 Å². The lowest BCUT2D eigenvalue weighted by atomic mass is 9.96. The van der Waals surface area contributed by atoms with Crippen LogP contribution in [-0.2, 0) is 6.18 Å². The highest BCUT2D eigenvalue weighted by Crippen LogP contribution is 2.38. The Balaban J connectivity index is 1.67. The first kappa shape index (κ1) is 19.6. The van der Waals surface area contributed by atoms with Crippen molar-refractivity contribution in [2.45, 2.75) is 38.5 Å². The molecule has 1 aromatic heterocycles. The maximum absolute atomic E-state index is 13.2. The summed E-state index contributed by atoms with van der Waals surface area (Å²) in [5.74, 6) is 0.178. The predicted octanol–water partition coefficient (Wildman–Crippen LogP) is 3.45. The molecule has 3 heterocycles. The topological polar surface area (TPSA) is 76.3 Å². The summed E-state index contributed by atoms with van der Waals surface area (Å²) in [6.45, 7) is 3.67. The molecule has 2 aliphatic heterocycles. The summed E-state index contributed by atoms with van der Waals surface area (Å²) in [4.78, 5) is 14.7. The van der Waals surface area contributed by atoms with E-state index in [-0.39, 0.29) is 11.6 Å². The lowest BCUT2D eigenvalue weighted by Gasteiger charge is -2.40. The third-order valence-electron chi connectivity index (χ3n) is 5.18. The molecule has 2 atom stereocenters. The number of hydrogen-bond acceptors (Lipinski definition) is 5. The van der Waals surface area contributed by atoms with Gasteiger partial charge in [0.25, 0.3) is 5.91 Å². The first-order valence-electron chi connectivity index (χ1n) is 8.92. The number of H-pyrrole nitrogens is 1. The smallest absolute Gasteiger partial charge is 0.327 e. The van der Waals surface area contributed by atoms with Crippen molar-refractivity contribution in [3.63, 3.8) is 0 Å². The number of nitrogens with one attached hydrogen (secondary N) is 3. The van der Waals surface area contributed by atoms with Crippen LogP contribution in [0.25, 0.3) is 0 Å². The molecule has 29 heavy (non-hydrogen) atoms. The molecule has 1 amide bonds. The van der Waals surface area contributed by atoms with Crippen LogP contribution in [0.3, 0.4) is 0 Å². The summed E-state index contributed by atoms with van der Waals surface area (Å²) in [6, 6.07) is 4.50. The minimum absolute atomic E-state index is 0.166. The van der Waals surface area contributed by atoms with E-state index in [9.17, 15) is 18.0 Å². The Kier molecular flexibility index (Phi) is 4.70. The monoisotopic (exact) mass is 426 g/mol. The molecule has 3 N–H and O–H groups in total.